The van der Waals surface area contributed by atoms with E-state index in [-0.39, 0.29) is 5.91 Å². The number of rotatable bonds is 5. The van der Waals surface area contributed by atoms with Crippen LogP contribution in [-0.4, -0.2) is 34.5 Å². The molecule has 0 unspecified atom stereocenters. The highest BCUT2D eigenvalue weighted by molar-refractivity contribution is 7.11. The zero-order valence-electron chi connectivity index (χ0n) is 12.5. The number of hydrogen-bond donors (Lipinski definition) is 1. The zero-order valence-corrected chi connectivity index (χ0v) is 13.4. The third-order valence-electron chi connectivity index (χ3n) is 3.38. The van der Waals surface area contributed by atoms with Gasteiger partial charge in [-0.25, -0.2) is 4.98 Å². The molecular weight excluding hydrogens is 284 g/mol. The van der Waals surface area contributed by atoms with Crippen LogP contribution in [0.5, 0.6) is 0 Å². The number of carbonyl (C=O) groups excluding carboxylic acids is 1. The predicted octanol–water partition coefficient (Wildman–Crippen LogP) is 2.96. The van der Waals surface area contributed by atoms with Gasteiger partial charge in [0.2, 0.25) is 0 Å². The topological polar surface area (TPSA) is 53.4 Å². The molecule has 0 saturated heterocycles. The Kier molecular flexibility index (Phi) is 5.09. The van der Waals surface area contributed by atoms with E-state index < -0.39 is 6.10 Å². The van der Waals surface area contributed by atoms with Crippen LogP contribution in [0.1, 0.15) is 38.5 Å². The number of aryl methyl sites for hydroxylation is 2. The van der Waals surface area contributed by atoms with Gasteiger partial charge >= 0.3 is 0 Å². The average molecular weight is 304 g/mol. The monoisotopic (exact) mass is 304 g/mol. The molecular formula is C16H20N2O2S. The highest BCUT2D eigenvalue weighted by atomic mass is 32.1. The summed E-state index contributed by atoms with van der Waals surface area (Å²) in [6, 6.07) is 9.49. The van der Waals surface area contributed by atoms with Crippen LogP contribution in [0.15, 0.2) is 30.3 Å². The number of aliphatic hydroxyl groups excluding tert-OH is 1. The van der Waals surface area contributed by atoms with Crippen LogP contribution < -0.4 is 0 Å². The largest absolute Gasteiger partial charge is 0.388 e. The van der Waals surface area contributed by atoms with Crippen LogP contribution in [0, 0.1) is 13.8 Å². The van der Waals surface area contributed by atoms with Gasteiger partial charge in [-0.05, 0) is 25.8 Å². The maximum atomic E-state index is 12.3. The first-order chi connectivity index (χ1) is 9.99. The predicted molar refractivity (Wildman–Crippen MR) is 84.6 cm³/mol. The number of nitrogens with zero attached hydrogens (tertiary/aromatic N) is 2. The van der Waals surface area contributed by atoms with Gasteiger partial charge in [-0.2, -0.15) is 0 Å². The summed E-state index contributed by atoms with van der Waals surface area (Å²) in [5.41, 5.74) is 1.40. The van der Waals surface area contributed by atoms with Gasteiger partial charge in [0.1, 0.15) is 5.69 Å². The molecule has 2 rings (SSSR count). The molecule has 1 N–H and O–H groups in total. The highest BCUT2D eigenvalue weighted by Crippen LogP contribution is 2.19. The normalized spacial score (nSPS) is 12.2. The number of aliphatic hydroxyl groups is 1. The molecule has 5 heteroatoms. The van der Waals surface area contributed by atoms with E-state index in [1.54, 1.807) is 11.9 Å². The Labute approximate surface area is 129 Å². The van der Waals surface area contributed by atoms with Gasteiger partial charge in [0, 0.05) is 18.5 Å². The van der Waals surface area contributed by atoms with Gasteiger partial charge in [-0.3, -0.25) is 4.79 Å². The summed E-state index contributed by atoms with van der Waals surface area (Å²) in [6.07, 6.45) is -0.0475. The van der Waals surface area contributed by atoms with E-state index in [1.807, 2.05) is 44.2 Å². The van der Waals surface area contributed by atoms with Gasteiger partial charge in [0.15, 0.2) is 0 Å². The first-order valence-corrected chi connectivity index (χ1v) is 7.73. The molecule has 4 nitrogen and oxygen atoms in total. The van der Waals surface area contributed by atoms with Crippen molar-refractivity contribution in [1.29, 1.82) is 0 Å². The molecule has 0 aliphatic rings. The van der Waals surface area contributed by atoms with Gasteiger partial charge in [0.05, 0.1) is 11.1 Å². The number of aromatic nitrogens is 1. The SMILES string of the molecule is Cc1nc(C(=O)N(C)CC[C@@H](O)c2ccccc2)c(C)s1. The molecule has 2 aromatic rings. The molecule has 0 spiro atoms. The van der Waals surface area contributed by atoms with Crippen molar-refractivity contribution < 1.29 is 9.90 Å². The second-order valence-corrected chi connectivity index (χ2v) is 6.49. The lowest BCUT2D eigenvalue weighted by atomic mass is 10.1. The molecule has 1 heterocycles. The fourth-order valence-electron chi connectivity index (χ4n) is 2.17. The van der Waals surface area contributed by atoms with Crippen molar-refractivity contribution in [2.75, 3.05) is 13.6 Å². The Bertz CT molecular complexity index is 610. The lowest BCUT2D eigenvalue weighted by molar-refractivity contribution is 0.0755. The quantitative estimate of drug-likeness (QED) is 0.924. The molecule has 1 aromatic heterocycles. The minimum Gasteiger partial charge on any atom is -0.388 e. The van der Waals surface area contributed by atoms with Crippen LogP contribution in [0.3, 0.4) is 0 Å². The summed E-state index contributed by atoms with van der Waals surface area (Å²) in [4.78, 5) is 19.2. The molecule has 0 aliphatic carbocycles. The Morgan fingerprint density at radius 3 is 2.57 bits per heavy atom. The van der Waals surface area contributed by atoms with Gasteiger partial charge in [-0.1, -0.05) is 30.3 Å². The van der Waals surface area contributed by atoms with Gasteiger partial charge < -0.3 is 10.0 Å². The van der Waals surface area contributed by atoms with Crippen LogP contribution >= 0.6 is 11.3 Å². The lowest BCUT2D eigenvalue weighted by Gasteiger charge is -2.19. The van der Waals surface area contributed by atoms with Crippen molar-refractivity contribution >= 4 is 17.2 Å². The van der Waals surface area contributed by atoms with Crippen molar-refractivity contribution in [3.8, 4) is 0 Å². The molecule has 0 saturated carbocycles. The van der Waals surface area contributed by atoms with Crippen molar-refractivity contribution in [2.24, 2.45) is 0 Å². The summed E-state index contributed by atoms with van der Waals surface area (Å²) in [7, 11) is 1.74. The fraction of sp³-hybridized carbons (Fsp3) is 0.375. The molecule has 21 heavy (non-hydrogen) atoms. The van der Waals surface area contributed by atoms with Crippen molar-refractivity contribution in [3.63, 3.8) is 0 Å². The number of carbonyl (C=O) groups is 1. The van der Waals surface area contributed by atoms with Gasteiger partial charge in [-0.15, -0.1) is 11.3 Å². The first-order valence-electron chi connectivity index (χ1n) is 6.91. The Hall–Kier alpha value is -1.72. The van der Waals surface area contributed by atoms with Gasteiger partial charge in [0.25, 0.3) is 5.91 Å². The maximum Gasteiger partial charge on any atom is 0.273 e. The molecule has 0 radical (unpaired) electrons. The molecule has 1 atom stereocenters. The lowest BCUT2D eigenvalue weighted by Crippen LogP contribution is -2.29. The number of amides is 1. The third kappa shape index (κ3) is 3.89. The summed E-state index contributed by atoms with van der Waals surface area (Å²) < 4.78 is 0. The molecule has 1 aromatic carbocycles. The molecule has 0 fully saturated rings. The Morgan fingerprint density at radius 1 is 1.33 bits per heavy atom. The van der Waals surface area contributed by atoms with E-state index in [1.165, 1.54) is 11.3 Å². The second-order valence-electron chi connectivity index (χ2n) is 5.08. The van der Waals surface area contributed by atoms with Crippen molar-refractivity contribution in [2.45, 2.75) is 26.4 Å². The first kappa shape index (κ1) is 15.7. The van der Waals surface area contributed by atoms with Crippen LogP contribution in [0.25, 0.3) is 0 Å². The highest BCUT2D eigenvalue weighted by Gasteiger charge is 2.19. The van der Waals surface area contributed by atoms with E-state index in [0.29, 0.717) is 18.7 Å². The Morgan fingerprint density at radius 2 is 2.00 bits per heavy atom. The minimum absolute atomic E-state index is 0.0860. The molecule has 0 aliphatic heterocycles. The van der Waals surface area contributed by atoms with E-state index >= 15 is 0 Å². The Balaban J connectivity index is 1.94. The van der Waals surface area contributed by atoms with Crippen LogP contribution in [0.2, 0.25) is 0 Å². The number of thiazole rings is 1. The minimum atomic E-state index is -0.556. The summed E-state index contributed by atoms with van der Waals surface area (Å²) in [5.74, 6) is -0.0860. The second kappa shape index (κ2) is 6.83. The van der Waals surface area contributed by atoms with Crippen LogP contribution in [-0.2, 0) is 0 Å². The van der Waals surface area contributed by atoms with E-state index in [2.05, 4.69) is 4.98 Å². The zero-order chi connectivity index (χ0) is 15.4. The summed E-state index contributed by atoms with van der Waals surface area (Å²) in [6.45, 7) is 4.29. The summed E-state index contributed by atoms with van der Waals surface area (Å²) in [5, 5.41) is 11.0. The van der Waals surface area contributed by atoms with Crippen molar-refractivity contribution in [3.05, 3.63) is 51.5 Å². The maximum absolute atomic E-state index is 12.3. The smallest absolute Gasteiger partial charge is 0.273 e. The summed E-state index contributed by atoms with van der Waals surface area (Å²) >= 11 is 1.53. The van der Waals surface area contributed by atoms with E-state index in [4.69, 9.17) is 0 Å². The van der Waals surface area contributed by atoms with Crippen molar-refractivity contribution in [1.82, 2.24) is 9.88 Å². The van der Waals surface area contributed by atoms with E-state index in [0.717, 1.165) is 15.4 Å². The van der Waals surface area contributed by atoms with Crippen LogP contribution in [0.4, 0.5) is 0 Å². The number of benzene rings is 1. The average Bonchev–Trinajstić information content (AvgIpc) is 2.83. The van der Waals surface area contributed by atoms with E-state index in [9.17, 15) is 9.90 Å². The molecule has 112 valence electrons. The fourth-order valence-corrected chi connectivity index (χ4v) is 2.98. The standard InChI is InChI=1S/C16H20N2O2S/c1-11-15(17-12(2)21-11)16(20)18(3)10-9-14(19)13-7-5-4-6-8-13/h4-8,14,19H,9-10H2,1-3H3/t14-/m1/s1. The molecule has 0 bridgehead atoms. The third-order valence-corrected chi connectivity index (χ3v) is 4.26. The number of hydrogen-bond acceptors (Lipinski definition) is 4. The molecule has 1 amide bonds.